The molecule has 1 aliphatic carbocycles. The molecule has 1 fully saturated rings. The van der Waals surface area contributed by atoms with Crippen LogP contribution in [0.5, 0.6) is 0 Å². The van der Waals surface area contributed by atoms with E-state index in [2.05, 4.69) is 10.5 Å². The molecule has 2 rings (SSSR count). The summed E-state index contributed by atoms with van der Waals surface area (Å²) in [5.41, 5.74) is 0. The van der Waals surface area contributed by atoms with Crippen LogP contribution in [0.4, 0.5) is 5.82 Å². The van der Waals surface area contributed by atoms with Gasteiger partial charge in [-0.25, -0.2) is 0 Å². The van der Waals surface area contributed by atoms with E-state index in [0.29, 0.717) is 11.6 Å². The van der Waals surface area contributed by atoms with E-state index in [4.69, 9.17) is 4.52 Å². The first-order valence-corrected chi connectivity index (χ1v) is 7.05. The molecule has 110 valence electrons. The van der Waals surface area contributed by atoms with E-state index in [-0.39, 0.29) is 30.3 Å². The molecule has 1 aromatic heterocycles. The number of carbonyl (C=O) groups is 2. The predicted molar refractivity (Wildman–Crippen MR) is 74.1 cm³/mol. The van der Waals surface area contributed by atoms with Crippen LogP contribution in [0.1, 0.15) is 38.9 Å². The summed E-state index contributed by atoms with van der Waals surface area (Å²) < 4.78 is 4.89. The Balaban J connectivity index is 1.95. The van der Waals surface area contributed by atoms with Crippen LogP contribution in [0.25, 0.3) is 0 Å². The Kier molecular flexibility index (Phi) is 4.42. The number of carbonyl (C=O) groups excluding carboxylic acids is 2. The van der Waals surface area contributed by atoms with Gasteiger partial charge in [0.1, 0.15) is 12.3 Å². The topological polar surface area (TPSA) is 75.4 Å². The second-order valence-corrected chi connectivity index (χ2v) is 5.37. The first kappa shape index (κ1) is 14.6. The van der Waals surface area contributed by atoms with Crippen molar-refractivity contribution < 1.29 is 14.1 Å². The molecule has 1 heterocycles. The van der Waals surface area contributed by atoms with Gasteiger partial charge < -0.3 is 14.7 Å². The lowest BCUT2D eigenvalue weighted by molar-refractivity contribution is -0.138. The van der Waals surface area contributed by atoms with Crippen molar-refractivity contribution in [3.63, 3.8) is 0 Å². The Hall–Kier alpha value is -1.85. The number of aryl methyl sites for hydroxylation is 1. The Labute approximate surface area is 118 Å². The van der Waals surface area contributed by atoms with Crippen LogP contribution in [0.3, 0.4) is 0 Å². The maximum Gasteiger partial charge on any atom is 0.245 e. The molecule has 1 unspecified atom stereocenters. The van der Waals surface area contributed by atoms with E-state index in [1.807, 2.05) is 13.8 Å². The van der Waals surface area contributed by atoms with E-state index in [1.165, 1.54) is 0 Å². The number of nitrogens with zero attached hydrogens (tertiary/aromatic N) is 2. The summed E-state index contributed by atoms with van der Waals surface area (Å²) in [6.07, 6.45) is 2.71. The fourth-order valence-electron chi connectivity index (χ4n) is 2.00. The predicted octanol–water partition coefficient (Wildman–Crippen LogP) is 1.96. The number of anilines is 1. The van der Waals surface area contributed by atoms with Crippen molar-refractivity contribution >= 4 is 17.6 Å². The van der Waals surface area contributed by atoms with E-state index < -0.39 is 0 Å². The highest BCUT2D eigenvalue weighted by molar-refractivity contribution is 5.94. The quantitative estimate of drug-likeness (QED) is 0.863. The van der Waals surface area contributed by atoms with Crippen LogP contribution in [-0.2, 0) is 9.59 Å². The van der Waals surface area contributed by atoms with E-state index in [1.54, 1.807) is 17.9 Å². The van der Waals surface area contributed by atoms with E-state index in [0.717, 1.165) is 19.3 Å². The fourth-order valence-corrected chi connectivity index (χ4v) is 2.00. The molecule has 0 radical (unpaired) electrons. The third kappa shape index (κ3) is 3.59. The lowest BCUT2D eigenvalue weighted by atomic mass is 10.2. The molecule has 1 N–H and O–H groups in total. The van der Waals surface area contributed by atoms with Gasteiger partial charge in [-0.1, -0.05) is 12.1 Å². The van der Waals surface area contributed by atoms with Crippen LogP contribution in [0, 0.1) is 12.8 Å². The van der Waals surface area contributed by atoms with Crippen molar-refractivity contribution in [2.75, 3.05) is 11.9 Å². The maximum atomic E-state index is 12.2. The summed E-state index contributed by atoms with van der Waals surface area (Å²) in [5.74, 6) is 0.980. The standard InChI is InChI=1S/C14H21N3O3/c1-4-9(2)17(14(19)11-5-6-11)8-13(18)15-12-7-10(3)20-16-12/h7,9,11H,4-6,8H2,1-3H3,(H,15,16,18). The van der Waals surface area contributed by atoms with Crippen molar-refractivity contribution in [1.29, 1.82) is 0 Å². The highest BCUT2D eigenvalue weighted by Gasteiger charge is 2.35. The average Bonchev–Trinajstić information content (AvgIpc) is 3.19. The van der Waals surface area contributed by atoms with Crippen LogP contribution >= 0.6 is 0 Å². The van der Waals surface area contributed by atoms with Gasteiger partial charge in [-0.3, -0.25) is 9.59 Å². The van der Waals surface area contributed by atoms with E-state index in [9.17, 15) is 9.59 Å². The summed E-state index contributed by atoms with van der Waals surface area (Å²) in [5, 5.41) is 6.36. The molecular formula is C14H21N3O3. The number of amides is 2. The number of aromatic nitrogens is 1. The zero-order valence-electron chi connectivity index (χ0n) is 12.2. The van der Waals surface area contributed by atoms with Crippen molar-refractivity contribution in [2.45, 2.75) is 46.1 Å². The highest BCUT2D eigenvalue weighted by atomic mass is 16.5. The van der Waals surface area contributed by atoms with Gasteiger partial charge >= 0.3 is 0 Å². The van der Waals surface area contributed by atoms with Crippen LogP contribution in [0.2, 0.25) is 0 Å². The summed E-state index contributed by atoms with van der Waals surface area (Å²) in [6.45, 7) is 5.80. The van der Waals surface area contributed by atoms with Crippen molar-refractivity contribution in [3.05, 3.63) is 11.8 Å². The average molecular weight is 279 g/mol. The van der Waals surface area contributed by atoms with Crippen molar-refractivity contribution in [2.24, 2.45) is 5.92 Å². The summed E-state index contributed by atoms with van der Waals surface area (Å²) in [7, 11) is 0. The van der Waals surface area contributed by atoms with Gasteiger partial charge in [0, 0.05) is 18.0 Å². The first-order chi connectivity index (χ1) is 9.51. The minimum Gasteiger partial charge on any atom is -0.360 e. The molecule has 1 saturated carbocycles. The van der Waals surface area contributed by atoms with Gasteiger partial charge in [0.2, 0.25) is 11.8 Å². The zero-order chi connectivity index (χ0) is 14.7. The lowest BCUT2D eigenvalue weighted by Crippen LogP contribution is -2.44. The molecule has 6 heteroatoms. The smallest absolute Gasteiger partial charge is 0.245 e. The minimum atomic E-state index is -0.243. The Morgan fingerprint density at radius 3 is 2.75 bits per heavy atom. The van der Waals surface area contributed by atoms with Crippen LogP contribution in [-0.4, -0.2) is 34.5 Å². The molecule has 0 aliphatic heterocycles. The molecule has 1 atom stereocenters. The molecule has 0 bridgehead atoms. The third-order valence-corrected chi connectivity index (χ3v) is 3.54. The molecule has 1 aromatic rings. The van der Waals surface area contributed by atoms with Gasteiger partial charge in [0.25, 0.3) is 0 Å². The number of nitrogens with one attached hydrogen (secondary N) is 1. The Morgan fingerprint density at radius 2 is 2.25 bits per heavy atom. The second-order valence-electron chi connectivity index (χ2n) is 5.37. The van der Waals surface area contributed by atoms with Gasteiger partial charge in [-0.2, -0.15) is 0 Å². The van der Waals surface area contributed by atoms with Gasteiger partial charge in [0.15, 0.2) is 5.82 Å². The molecule has 20 heavy (non-hydrogen) atoms. The van der Waals surface area contributed by atoms with Crippen LogP contribution < -0.4 is 5.32 Å². The molecule has 2 amide bonds. The Morgan fingerprint density at radius 1 is 1.55 bits per heavy atom. The summed E-state index contributed by atoms with van der Waals surface area (Å²) in [6, 6.07) is 1.71. The summed E-state index contributed by atoms with van der Waals surface area (Å²) >= 11 is 0. The molecule has 0 saturated heterocycles. The minimum absolute atomic E-state index is 0.0629. The largest absolute Gasteiger partial charge is 0.360 e. The normalized spacial score (nSPS) is 15.8. The number of hydrogen-bond donors (Lipinski definition) is 1. The molecule has 1 aliphatic rings. The Bertz CT molecular complexity index is 494. The van der Waals surface area contributed by atoms with Crippen LogP contribution in [0.15, 0.2) is 10.6 Å². The number of rotatable bonds is 6. The summed E-state index contributed by atoms with van der Waals surface area (Å²) in [4.78, 5) is 25.9. The SMILES string of the molecule is CCC(C)N(CC(=O)Nc1cc(C)on1)C(=O)C1CC1. The monoisotopic (exact) mass is 279 g/mol. The molecule has 0 spiro atoms. The van der Waals surface area contributed by atoms with Gasteiger partial charge in [0.05, 0.1) is 0 Å². The van der Waals surface area contributed by atoms with Crippen molar-refractivity contribution in [1.82, 2.24) is 10.1 Å². The molecule has 6 nitrogen and oxygen atoms in total. The highest BCUT2D eigenvalue weighted by Crippen LogP contribution is 2.31. The van der Waals surface area contributed by atoms with E-state index >= 15 is 0 Å². The first-order valence-electron chi connectivity index (χ1n) is 7.05. The van der Waals surface area contributed by atoms with Gasteiger partial charge in [-0.05, 0) is 33.1 Å². The second kappa shape index (κ2) is 6.07. The number of hydrogen-bond acceptors (Lipinski definition) is 4. The molecule has 0 aromatic carbocycles. The lowest BCUT2D eigenvalue weighted by Gasteiger charge is -2.28. The van der Waals surface area contributed by atoms with Crippen molar-refractivity contribution in [3.8, 4) is 0 Å². The molecular weight excluding hydrogens is 258 g/mol. The fraction of sp³-hybridized carbons (Fsp3) is 0.643. The van der Waals surface area contributed by atoms with Gasteiger partial charge in [-0.15, -0.1) is 0 Å². The zero-order valence-corrected chi connectivity index (χ0v) is 12.2. The maximum absolute atomic E-state index is 12.2. The third-order valence-electron chi connectivity index (χ3n) is 3.54.